The Bertz CT molecular complexity index is 384. The van der Waals surface area contributed by atoms with E-state index in [1.54, 1.807) is 0 Å². The van der Waals surface area contributed by atoms with Crippen LogP contribution in [0.15, 0.2) is 0 Å². The van der Waals surface area contributed by atoms with Crippen LogP contribution < -0.4 is 0 Å². The second-order valence-electron chi connectivity index (χ2n) is 11.4. The maximum atomic E-state index is 2.52. The minimum Gasteiger partial charge on any atom is -0.324 e. The molecular formula is C29H62N3+. The molecule has 0 spiro atoms. The third kappa shape index (κ3) is 17.4. The third-order valence-electron chi connectivity index (χ3n) is 7.96. The molecule has 3 nitrogen and oxygen atoms in total. The molecular weight excluding hydrogens is 390 g/mol. The largest absolute Gasteiger partial charge is 0.324 e. The van der Waals surface area contributed by atoms with Crippen molar-refractivity contribution < 1.29 is 4.48 Å². The highest BCUT2D eigenvalue weighted by Crippen LogP contribution is 2.15. The van der Waals surface area contributed by atoms with Crippen LogP contribution in [0.5, 0.6) is 0 Å². The highest BCUT2D eigenvalue weighted by molar-refractivity contribution is 4.61. The molecule has 0 radical (unpaired) electrons. The van der Waals surface area contributed by atoms with Crippen LogP contribution >= 0.6 is 0 Å². The fourth-order valence-corrected chi connectivity index (χ4v) is 5.12. The van der Waals surface area contributed by atoms with E-state index in [4.69, 9.17) is 0 Å². The molecule has 0 aliphatic carbocycles. The van der Waals surface area contributed by atoms with Crippen LogP contribution in [0.25, 0.3) is 0 Å². The van der Waals surface area contributed by atoms with E-state index >= 15 is 0 Å². The third-order valence-corrected chi connectivity index (χ3v) is 7.96. The van der Waals surface area contributed by atoms with Crippen LogP contribution in [0.2, 0.25) is 0 Å². The van der Waals surface area contributed by atoms with Crippen LogP contribution in [0.1, 0.15) is 122 Å². The van der Waals surface area contributed by atoms with Crippen LogP contribution in [0.3, 0.4) is 0 Å². The molecule has 192 valence electrons. The van der Waals surface area contributed by atoms with Crippen molar-refractivity contribution in [2.45, 2.75) is 122 Å². The highest BCUT2D eigenvalue weighted by atomic mass is 15.4. The minimum absolute atomic E-state index is 1.22. The predicted molar refractivity (Wildman–Crippen MR) is 145 cm³/mol. The molecule has 0 aromatic heterocycles. The summed E-state index contributed by atoms with van der Waals surface area (Å²) in [6, 6.07) is 0. The monoisotopic (exact) mass is 452 g/mol. The molecule has 0 unspecified atom stereocenters. The number of hydrogen-bond donors (Lipinski definition) is 0. The summed E-state index contributed by atoms with van der Waals surface area (Å²) in [5.41, 5.74) is 0. The van der Waals surface area contributed by atoms with Gasteiger partial charge in [-0.15, -0.1) is 0 Å². The lowest BCUT2D eigenvalue weighted by Gasteiger charge is -2.35. The first-order chi connectivity index (χ1) is 15.6. The molecule has 3 heteroatoms. The Balaban J connectivity index is 1.87. The second-order valence-corrected chi connectivity index (χ2v) is 11.4. The molecule has 0 bridgehead atoms. The van der Waals surface area contributed by atoms with E-state index in [2.05, 4.69) is 37.9 Å². The first-order valence-electron chi connectivity index (χ1n) is 14.8. The summed E-state index contributed by atoms with van der Waals surface area (Å²) in [5.74, 6) is 0. The van der Waals surface area contributed by atoms with E-state index < -0.39 is 0 Å². The molecule has 1 rings (SSSR count). The number of nitrogens with zero attached hydrogens (tertiary/aromatic N) is 3. The number of unbranched alkanes of at least 4 members (excludes halogenated alkanes) is 17. The summed E-state index contributed by atoms with van der Waals surface area (Å²) in [6.45, 7) is 11.3. The summed E-state index contributed by atoms with van der Waals surface area (Å²) in [5, 5.41) is 0. The maximum absolute atomic E-state index is 2.52. The molecule has 0 N–H and O–H groups in total. The van der Waals surface area contributed by atoms with E-state index in [9.17, 15) is 0 Å². The van der Waals surface area contributed by atoms with Gasteiger partial charge in [0.1, 0.15) is 0 Å². The van der Waals surface area contributed by atoms with Crippen molar-refractivity contribution >= 4 is 0 Å². The molecule has 1 saturated heterocycles. The average Bonchev–Trinajstić information content (AvgIpc) is 2.85. The zero-order valence-corrected chi connectivity index (χ0v) is 23.0. The Morgan fingerprint density at radius 3 is 1.12 bits per heavy atom. The Morgan fingerprint density at radius 2 is 0.781 bits per heavy atom. The SMILES string of the molecule is CCCCCCCCCCCCCCCCCCCC[N+]1(C)CCN(C)CCN(C)CC1. The van der Waals surface area contributed by atoms with Crippen molar-refractivity contribution in [3.05, 3.63) is 0 Å². The molecule has 1 heterocycles. The summed E-state index contributed by atoms with van der Waals surface area (Å²) in [6.07, 6.45) is 26.3. The number of rotatable bonds is 19. The van der Waals surface area contributed by atoms with Gasteiger partial charge in [-0.05, 0) is 26.9 Å². The Labute approximate surface area is 203 Å². The van der Waals surface area contributed by atoms with E-state index in [1.807, 2.05) is 0 Å². The predicted octanol–water partition coefficient (Wildman–Crippen LogP) is 7.35. The van der Waals surface area contributed by atoms with E-state index in [0.29, 0.717) is 0 Å². The van der Waals surface area contributed by atoms with Gasteiger partial charge in [0.05, 0.1) is 26.7 Å². The van der Waals surface area contributed by atoms with Crippen molar-refractivity contribution in [3.8, 4) is 0 Å². The molecule has 32 heavy (non-hydrogen) atoms. The summed E-state index contributed by atoms with van der Waals surface area (Å²) >= 11 is 0. The zero-order valence-electron chi connectivity index (χ0n) is 23.0. The van der Waals surface area contributed by atoms with Gasteiger partial charge in [0, 0.05) is 26.2 Å². The fraction of sp³-hybridized carbons (Fsp3) is 1.00. The van der Waals surface area contributed by atoms with Crippen LogP contribution in [-0.4, -0.2) is 81.2 Å². The highest BCUT2D eigenvalue weighted by Gasteiger charge is 2.23. The van der Waals surface area contributed by atoms with Crippen molar-refractivity contribution in [2.75, 3.05) is 67.0 Å². The normalized spacial score (nSPS) is 18.4. The lowest BCUT2D eigenvalue weighted by atomic mass is 10.0. The number of likely N-dealkylation sites (N-methyl/N-ethyl adjacent to an activating group) is 3. The van der Waals surface area contributed by atoms with Crippen molar-refractivity contribution in [3.63, 3.8) is 0 Å². The lowest BCUT2D eigenvalue weighted by Crippen LogP contribution is -2.50. The molecule has 1 fully saturated rings. The standard InChI is InChI=1S/C29H62N3/c1-5-6-7-8-9-10-11-12-13-14-15-16-17-18-19-20-21-22-27-32(4)28-25-30(2)23-24-31(3)26-29-32/h5-29H2,1-4H3/q+1. The van der Waals surface area contributed by atoms with Gasteiger partial charge in [-0.2, -0.15) is 0 Å². The van der Waals surface area contributed by atoms with Crippen LogP contribution in [-0.2, 0) is 0 Å². The Morgan fingerprint density at radius 1 is 0.469 bits per heavy atom. The Hall–Kier alpha value is -0.120. The average molecular weight is 453 g/mol. The quantitative estimate of drug-likeness (QED) is 0.149. The molecule has 0 amide bonds. The molecule has 0 aromatic carbocycles. The number of hydrogen-bond acceptors (Lipinski definition) is 2. The van der Waals surface area contributed by atoms with E-state index in [1.165, 1.54) is 166 Å². The van der Waals surface area contributed by atoms with Crippen LogP contribution in [0, 0.1) is 0 Å². The van der Waals surface area contributed by atoms with Gasteiger partial charge in [-0.1, -0.05) is 110 Å². The topological polar surface area (TPSA) is 6.48 Å². The number of quaternary nitrogens is 1. The molecule has 0 saturated carbocycles. The maximum Gasteiger partial charge on any atom is 0.0914 e. The molecule has 1 aliphatic heterocycles. The van der Waals surface area contributed by atoms with Crippen molar-refractivity contribution in [1.29, 1.82) is 0 Å². The molecule has 0 aromatic rings. The summed E-state index contributed by atoms with van der Waals surface area (Å²) in [4.78, 5) is 5.04. The van der Waals surface area contributed by atoms with Gasteiger partial charge in [0.25, 0.3) is 0 Å². The molecule has 1 aliphatic rings. The van der Waals surface area contributed by atoms with E-state index in [0.717, 1.165) is 0 Å². The van der Waals surface area contributed by atoms with Crippen LogP contribution in [0.4, 0.5) is 0 Å². The van der Waals surface area contributed by atoms with Crippen molar-refractivity contribution in [2.24, 2.45) is 0 Å². The van der Waals surface area contributed by atoms with Gasteiger partial charge in [0.2, 0.25) is 0 Å². The molecule has 0 atom stereocenters. The van der Waals surface area contributed by atoms with Gasteiger partial charge >= 0.3 is 0 Å². The summed E-state index contributed by atoms with van der Waals surface area (Å²) in [7, 11) is 7.08. The second kappa shape index (κ2) is 20.3. The minimum atomic E-state index is 1.22. The van der Waals surface area contributed by atoms with Gasteiger partial charge in [-0.3, -0.25) is 9.80 Å². The zero-order chi connectivity index (χ0) is 23.3. The van der Waals surface area contributed by atoms with Gasteiger partial charge < -0.3 is 4.48 Å². The van der Waals surface area contributed by atoms with Crippen molar-refractivity contribution in [1.82, 2.24) is 9.80 Å². The summed E-state index contributed by atoms with van der Waals surface area (Å²) < 4.78 is 1.27. The fourth-order valence-electron chi connectivity index (χ4n) is 5.12. The van der Waals surface area contributed by atoms with Gasteiger partial charge in [-0.25, -0.2) is 0 Å². The first-order valence-corrected chi connectivity index (χ1v) is 14.8. The first kappa shape index (κ1) is 29.9. The smallest absolute Gasteiger partial charge is 0.0914 e. The van der Waals surface area contributed by atoms with E-state index in [-0.39, 0.29) is 0 Å². The Kier molecular flexibility index (Phi) is 18.9. The lowest BCUT2D eigenvalue weighted by molar-refractivity contribution is -0.908. The van der Waals surface area contributed by atoms with Gasteiger partial charge in [0.15, 0.2) is 0 Å².